The molecule has 6 heteroatoms. The lowest BCUT2D eigenvalue weighted by atomic mass is 10.4. The molecule has 13 heavy (non-hydrogen) atoms. The highest BCUT2D eigenvalue weighted by Crippen LogP contribution is 1.80. The van der Waals surface area contributed by atoms with Gasteiger partial charge in [-0.1, -0.05) is 6.08 Å². The van der Waals surface area contributed by atoms with E-state index in [9.17, 15) is 9.59 Å². The van der Waals surface area contributed by atoms with Crippen LogP contribution in [0.15, 0.2) is 12.7 Å². The van der Waals surface area contributed by atoms with Crippen molar-refractivity contribution in [2.45, 2.75) is 12.5 Å². The van der Waals surface area contributed by atoms with Gasteiger partial charge in [0.25, 0.3) is 0 Å². The minimum absolute atomic E-state index is 0.0556. The molecular formula is C7H13NO4S. The van der Waals surface area contributed by atoms with Crippen LogP contribution in [0.2, 0.25) is 0 Å². The summed E-state index contributed by atoms with van der Waals surface area (Å²) in [7, 11) is 0. The minimum atomic E-state index is -1.00. The number of aliphatic carboxylic acids is 2. The summed E-state index contributed by atoms with van der Waals surface area (Å²) in [5.41, 5.74) is 4.94. The maximum absolute atomic E-state index is 9.76. The third kappa shape index (κ3) is 13.9. The first kappa shape index (κ1) is 14.5. The average Bonchev–Trinajstić information content (AvgIpc) is 2.03. The van der Waals surface area contributed by atoms with Gasteiger partial charge in [0.1, 0.15) is 6.04 Å². The van der Waals surface area contributed by atoms with Crippen molar-refractivity contribution in [3.05, 3.63) is 12.7 Å². The molecule has 0 rings (SSSR count). The topological polar surface area (TPSA) is 101 Å². The van der Waals surface area contributed by atoms with E-state index in [1.165, 1.54) is 6.08 Å². The van der Waals surface area contributed by atoms with E-state index in [0.29, 0.717) is 0 Å². The van der Waals surface area contributed by atoms with Gasteiger partial charge in [-0.2, -0.15) is 12.6 Å². The monoisotopic (exact) mass is 207 g/mol. The molecule has 0 aliphatic rings. The zero-order chi connectivity index (χ0) is 10.9. The molecule has 76 valence electrons. The lowest BCUT2D eigenvalue weighted by Crippen LogP contribution is -2.31. The summed E-state index contributed by atoms with van der Waals surface area (Å²) < 4.78 is 0. The van der Waals surface area contributed by atoms with Crippen molar-refractivity contribution in [1.29, 1.82) is 0 Å². The van der Waals surface area contributed by atoms with Gasteiger partial charge in [-0.05, 0) is 0 Å². The van der Waals surface area contributed by atoms with Crippen molar-refractivity contribution in [3.63, 3.8) is 0 Å². The lowest BCUT2D eigenvalue weighted by molar-refractivity contribution is -0.138. The number of thiol groups is 1. The molecule has 0 fully saturated rings. The first-order valence-electron chi connectivity index (χ1n) is 3.37. The summed E-state index contributed by atoms with van der Waals surface area (Å²) in [6.45, 7) is 3.22. The van der Waals surface area contributed by atoms with Crippen LogP contribution in [-0.2, 0) is 9.59 Å². The third-order valence-corrected chi connectivity index (χ3v) is 1.23. The molecular weight excluding hydrogens is 194 g/mol. The summed E-state index contributed by atoms with van der Waals surface area (Å²) >= 11 is 3.65. The Morgan fingerprint density at radius 2 is 2.00 bits per heavy atom. The van der Waals surface area contributed by atoms with E-state index >= 15 is 0 Å². The molecule has 0 aliphatic carbocycles. The fourth-order valence-corrected chi connectivity index (χ4v) is 0.358. The van der Waals surface area contributed by atoms with Crippen LogP contribution in [0.1, 0.15) is 6.42 Å². The average molecular weight is 207 g/mol. The number of hydrogen-bond acceptors (Lipinski definition) is 4. The predicted molar refractivity (Wildman–Crippen MR) is 51.9 cm³/mol. The van der Waals surface area contributed by atoms with E-state index in [1.54, 1.807) is 0 Å². The van der Waals surface area contributed by atoms with Crippen LogP contribution < -0.4 is 5.73 Å². The Hall–Kier alpha value is -1.01. The largest absolute Gasteiger partial charge is 0.481 e. The number of carboxylic acid groups (broad SMARTS) is 2. The van der Waals surface area contributed by atoms with Crippen molar-refractivity contribution in [3.8, 4) is 0 Å². The van der Waals surface area contributed by atoms with Crippen LogP contribution in [0.5, 0.6) is 0 Å². The minimum Gasteiger partial charge on any atom is -0.481 e. The van der Waals surface area contributed by atoms with Gasteiger partial charge in [0, 0.05) is 5.75 Å². The summed E-state index contributed by atoms with van der Waals surface area (Å²) in [6.07, 6.45) is 1.41. The van der Waals surface area contributed by atoms with Gasteiger partial charge < -0.3 is 15.9 Å². The van der Waals surface area contributed by atoms with Crippen LogP contribution in [0.25, 0.3) is 0 Å². The Morgan fingerprint density at radius 3 is 2.00 bits per heavy atom. The van der Waals surface area contributed by atoms with E-state index in [2.05, 4.69) is 19.2 Å². The zero-order valence-corrected chi connectivity index (χ0v) is 7.91. The number of hydrogen-bond donors (Lipinski definition) is 4. The van der Waals surface area contributed by atoms with Crippen molar-refractivity contribution in [1.82, 2.24) is 0 Å². The highest BCUT2D eigenvalue weighted by molar-refractivity contribution is 7.80. The fraction of sp³-hybridized carbons (Fsp3) is 0.429. The Bertz CT molecular complexity index is 183. The van der Waals surface area contributed by atoms with Crippen LogP contribution in [0.3, 0.4) is 0 Å². The molecule has 4 N–H and O–H groups in total. The number of carboxylic acids is 2. The molecule has 0 spiro atoms. The van der Waals surface area contributed by atoms with E-state index < -0.39 is 18.0 Å². The van der Waals surface area contributed by atoms with E-state index in [0.717, 1.165) is 0 Å². The van der Waals surface area contributed by atoms with Gasteiger partial charge in [0.2, 0.25) is 0 Å². The van der Waals surface area contributed by atoms with Gasteiger partial charge in [0.05, 0.1) is 6.42 Å². The summed E-state index contributed by atoms with van der Waals surface area (Å²) in [5, 5.41) is 15.9. The summed E-state index contributed by atoms with van der Waals surface area (Å²) in [4.78, 5) is 19.3. The Labute approximate surface area is 81.7 Å². The summed E-state index contributed by atoms with van der Waals surface area (Å²) in [6, 6.07) is -0.816. The first-order valence-corrected chi connectivity index (χ1v) is 4.00. The molecule has 0 aromatic heterocycles. The lowest BCUT2D eigenvalue weighted by Gasteiger charge is -1.96. The number of nitrogens with two attached hydrogens (primary N) is 1. The Balaban J connectivity index is 0. The Morgan fingerprint density at radius 1 is 1.54 bits per heavy atom. The van der Waals surface area contributed by atoms with Crippen LogP contribution >= 0.6 is 12.6 Å². The number of rotatable bonds is 4. The number of carbonyl (C=O) groups is 2. The zero-order valence-electron chi connectivity index (χ0n) is 7.01. The normalized spacial score (nSPS) is 10.6. The van der Waals surface area contributed by atoms with Gasteiger partial charge in [-0.15, -0.1) is 6.58 Å². The standard InChI is InChI=1S/C4H6O2.C3H7NO2S/c1-2-3-4(5)6;4-2(1-7)3(5)6/h2H,1,3H2,(H,5,6);2,7H,1,4H2,(H,5,6). The molecule has 1 atom stereocenters. The van der Waals surface area contributed by atoms with E-state index in [4.69, 9.17) is 15.9 Å². The molecule has 0 bridgehead atoms. The quantitative estimate of drug-likeness (QED) is 0.383. The van der Waals surface area contributed by atoms with Gasteiger partial charge in [-0.25, -0.2) is 0 Å². The van der Waals surface area contributed by atoms with E-state index in [1.807, 2.05) is 0 Å². The van der Waals surface area contributed by atoms with Gasteiger partial charge in [-0.3, -0.25) is 9.59 Å². The van der Waals surface area contributed by atoms with Crippen molar-refractivity contribution >= 4 is 24.6 Å². The molecule has 5 nitrogen and oxygen atoms in total. The maximum Gasteiger partial charge on any atom is 0.321 e. The second kappa shape index (κ2) is 9.08. The molecule has 0 heterocycles. The molecule has 0 aromatic rings. The molecule has 0 saturated carbocycles. The molecule has 1 unspecified atom stereocenters. The highest BCUT2D eigenvalue weighted by atomic mass is 32.1. The molecule has 0 aliphatic heterocycles. The second-order valence-corrected chi connectivity index (χ2v) is 2.38. The van der Waals surface area contributed by atoms with Crippen LogP contribution in [0, 0.1) is 0 Å². The molecule has 0 radical (unpaired) electrons. The van der Waals surface area contributed by atoms with Crippen molar-refractivity contribution in [2.75, 3.05) is 5.75 Å². The van der Waals surface area contributed by atoms with Crippen LogP contribution in [-0.4, -0.2) is 33.9 Å². The molecule has 0 aromatic carbocycles. The summed E-state index contributed by atoms with van der Waals surface area (Å²) in [5.74, 6) is -1.64. The SMILES string of the molecule is C=CCC(=O)O.NC(CS)C(=O)O. The predicted octanol–water partition coefficient (Wildman–Crippen LogP) is -0.0248. The third-order valence-electron chi connectivity index (χ3n) is 0.833. The van der Waals surface area contributed by atoms with E-state index in [-0.39, 0.29) is 12.2 Å². The van der Waals surface area contributed by atoms with Gasteiger partial charge in [0.15, 0.2) is 0 Å². The van der Waals surface area contributed by atoms with Gasteiger partial charge >= 0.3 is 11.9 Å². The molecule has 0 saturated heterocycles. The Kier molecular flexibility index (Phi) is 10.1. The second-order valence-electron chi connectivity index (χ2n) is 2.01. The van der Waals surface area contributed by atoms with Crippen molar-refractivity contribution in [2.24, 2.45) is 5.73 Å². The molecule has 0 amide bonds. The first-order chi connectivity index (χ1) is 5.95. The fourth-order valence-electron chi connectivity index (χ4n) is 0.202. The smallest absolute Gasteiger partial charge is 0.321 e. The maximum atomic E-state index is 9.76. The highest BCUT2D eigenvalue weighted by Gasteiger charge is 2.06. The van der Waals surface area contributed by atoms with Crippen LogP contribution in [0.4, 0.5) is 0 Å². The van der Waals surface area contributed by atoms with Crippen molar-refractivity contribution < 1.29 is 19.8 Å².